The number of benzene rings is 1. The van der Waals surface area contributed by atoms with E-state index in [9.17, 15) is 0 Å². The van der Waals surface area contributed by atoms with Crippen molar-refractivity contribution in [1.82, 2.24) is 15.1 Å². The van der Waals surface area contributed by atoms with Gasteiger partial charge in [0.05, 0.1) is 19.8 Å². The summed E-state index contributed by atoms with van der Waals surface area (Å²) in [6.07, 6.45) is 2.41. The highest BCUT2D eigenvalue weighted by Gasteiger charge is 2.26. The van der Waals surface area contributed by atoms with Crippen molar-refractivity contribution in [2.45, 2.75) is 45.7 Å². The number of likely N-dealkylation sites (tertiary alicyclic amines) is 1. The molecule has 0 spiro atoms. The Bertz CT molecular complexity index is 591. The van der Waals surface area contributed by atoms with Gasteiger partial charge in [0.25, 0.3) is 0 Å². The number of nitrogens with one attached hydrogen (secondary N) is 1. The third kappa shape index (κ3) is 5.69. The summed E-state index contributed by atoms with van der Waals surface area (Å²) in [5.41, 5.74) is 1.45. The minimum absolute atomic E-state index is 0.445. The van der Waals surface area contributed by atoms with Crippen molar-refractivity contribution in [2.24, 2.45) is 10.9 Å². The van der Waals surface area contributed by atoms with Crippen LogP contribution in [0.5, 0.6) is 0 Å². The first-order valence-electron chi connectivity index (χ1n) is 10.6. The maximum Gasteiger partial charge on any atom is 0.193 e. The van der Waals surface area contributed by atoms with Crippen LogP contribution in [-0.2, 0) is 11.2 Å². The second kappa shape index (κ2) is 10.1. The molecule has 1 N–H and O–H groups in total. The lowest BCUT2D eigenvalue weighted by molar-refractivity contribution is -0.0166. The topological polar surface area (TPSA) is 40.1 Å². The van der Waals surface area contributed by atoms with Crippen molar-refractivity contribution < 1.29 is 4.74 Å². The first kappa shape index (κ1) is 20.2. The molecule has 27 heavy (non-hydrogen) atoms. The molecule has 1 aromatic carbocycles. The third-order valence-electron chi connectivity index (χ3n) is 5.78. The van der Waals surface area contributed by atoms with Gasteiger partial charge < -0.3 is 15.0 Å². The summed E-state index contributed by atoms with van der Waals surface area (Å²) in [5.74, 6) is 1.80. The molecule has 0 saturated carbocycles. The molecule has 2 heterocycles. The van der Waals surface area contributed by atoms with Crippen LogP contribution in [-0.4, -0.2) is 73.8 Å². The molecule has 3 atom stereocenters. The Hall–Kier alpha value is -1.59. The number of hydrogen-bond donors (Lipinski definition) is 1. The molecule has 150 valence electrons. The highest BCUT2D eigenvalue weighted by Crippen LogP contribution is 2.21. The van der Waals surface area contributed by atoms with E-state index in [-0.39, 0.29) is 0 Å². The molecule has 2 fully saturated rings. The first-order valence-corrected chi connectivity index (χ1v) is 10.6. The van der Waals surface area contributed by atoms with Gasteiger partial charge in [0.2, 0.25) is 0 Å². The van der Waals surface area contributed by atoms with Crippen LogP contribution in [0.2, 0.25) is 0 Å². The number of aliphatic imine (C=N–C) groups is 1. The number of ether oxygens (including phenoxy) is 1. The summed E-state index contributed by atoms with van der Waals surface area (Å²) >= 11 is 0. The molecule has 1 aromatic rings. The number of morpholine rings is 1. The van der Waals surface area contributed by atoms with E-state index in [1.54, 1.807) is 0 Å². The van der Waals surface area contributed by atoms with Gasteiger partial charge in [-0.05, 0) is 45.1 Å². The summed E-state index contributed by atoms with van der Waals surface area (Å²) in [4.78, 5) is 9.97. The first-order chi connectivity index (χ1) is 13.2. The quantitative estimate of drug-likeness (QED) is 0.616. The van der Waals surface area contributed by atoms with Crippen LogP contribution in [0.15, 0.2) is 35.3 Å². The van der Waals surface area contributed by atoms with Crippen LogP contribution in [0.25, 0.3) is 0 Å². The molecular weight excluding hydrogens is 336 g/mol. The van der Waals surface area contributed by atoms with Gasteiger partial charge in [0.1, 0.15) is 0 Å². The molecular formula is C22H36N4O. The molecule has 0 aliphatic carbocycles. The Morgan fingerprint density at radius 3 is 2.85 bits per heavy atom. The molecule has 5 nitrogen and oxygen atoms in total. The maximum absolute atomic E-state index is 5.57. The summed E-state index contributed by atoms with van der Waals surface area (Å²) in [7, 11) is 0. The van der Waals surface area contributed by atoms with Crippen molar-refractivity contribution in [3.05, 3.63) is 35.9 Å². The van der Waals surface area contributed by atoms with Gasteiger partial charge >= 0.3 is 0 Å². The molecule has 5 heteroatoms. The highest BCUT2D eigenvalue weighted by molar-refractivity contribution is 5.80. The lowest BCUT2D eigenvalue weighted by Gasteiger charge is -2.37. The molecule has 2 saturated heterocycles. The number of hydrogen-bond acceptors (Lipinski definition) is 3. The second-order valence-electron chi connectivity index (χ2n) is 8.00. The highest BCUT2D eigenvalue weighted by atomic mass is 16.5. The molecule has 0 radical (unpaired) electrons. The van der Waals surface area contributed by atoms with Crippen molar-refractivity contribution in [1.29, 1.82) is 0 Å². The monoisotopic (exact) mass is 372 g/mol. The van der Waals surface area contributed by atoms with Crippen molar-refractivity contribution >= 4 is 5.96 Å². The van der Waals surface area contributed by atoms with Crippen LogP contribution in [0.4, 0.5) is 0 Å². The van der Waals surface area contributed by atoms with Crippen molar-refractivity contribution in [3.63, 3.8) is 0 Å². The zero-order valence-corrected chi connectivity index (χ0v) is 17.2. The van der Waals surface area contributed by atoms with Crippen molar-refractivity contribution in [2.75, 3.05) is 45.9 Å². The molecule has 2 aliphatic heterocycles. The van der Waals surface area contributed by atoms with E-state index in [4.69, 9.17) is 9.73 Å². The smallest absolute Gasteiger partial charge is 0.193 e. The van der Waals surface area contributed by atoms with Crippen LogP contribution < -0.4 is 5.32 Å². The molecule has 0 bridgehead atoms. The minimum Gasteiger partial charge on any atom is -0.379 e. The van der Waals surface area contributed by atoms with E-state index in [1.165, 1.54) is 18.4 Å². The van der Waals surface area contributed by atoms with E-state index in [2.05, 4.69) is 66.2 Å². The van der Waals surface area contributed by atoms with E-state index >= 15 is 0 Å². The zero-order valence-electron chi connectivity index (χ0n) is 17.2. The van der Waals surface area contributed by atoms with Crippen LogP contribution >= 0.6 is 0 Å². The number of rotatable bonds is 6. The van der Waals surface area contributed by atoms with Crippen LogP contribution in [0.3, 0.4) is 0 Å². The summed E-state index contributed by atoms with van der Waals surface area (Å²) in [5, 5.41) is 3.51. The van der Waals surface area contributed by atoms with Crippen LogP contribution in [0, 0.1) is 5.92 Å². The summed E-state index contributed by atoms with van der Waals surface area (Å²) < 4.78 is 5.57. The fourth-order valence-electron chi connectivity index (χ4n) is 4.28. The normalized spacial score (nSPS) is 25.6. The molecule has 2 aliphatic rings. The van der Waals surface area contributed by atoms with Crippen LogP contribution in [0.1, 0.15) is 32.8 Å². The predicted molar refractivity (Wildman–Crippen MR) is 112 cm³/mol. The Morgan fingerprint density at radius 2 is 2.11 bits per heavy atom. The zero-order chi connectivity index (χ0) is 19.1. The van der Waals surface area contributed by atoms with Crippen molar-refractivity contribution in [3.8, 4) is 0 Å². The van der Waals surface area contributed by atoms with E-state index in [1.807, 2.05) is 0 Å². The van der Waals surface area contributed by atoms with Gasteiger partial charge in [0, 0.05) is 38.3 Å². The Balaban J connectivity index is 1.55. The van der Waals surface area contributed by atoms with Gasteiger partial charge in [-0.1, -0.05) is 30.3 Å². The minimum atomic E-state index is 0.445. The molecule has 3 rings (SSSR count). The Labute approximate surface area is 164 Å². The standard InChI is InChI=1S/C22H36N4O/c1-4-23-22(24-15-18(2)26-12-13-27-17-19(26)3)25-11-10-21(16-25)14-20-8-6-5-7-9-20/h5-9,18-19,21H,4,10-17H2,1-3H3,(H,23,24). The number of guanidine groups is 1. The maximum atomic E-state index is 5.57. The van der Waals surface area contributed by atoms with Gasteiger partial charge in [-0.25, -0.2) is 0 Å². The average molecular weight is 373 g/mol. The third-order valence-corrected chi connectivity index (χ3v) is 5.78. The molecule has 3 unspecified atom stereocenters. The van der Waals surface area contributed by atoms with E-state index in [0.717, 1.165) is 51.9 Å². The number of nitrogens with zero attached hydrogens (tertiary/aromatic N) is 3. The fraction of sp³-hybridized carbons (Fsp3) is 0.682. The summed E-state index contributed by atoms with van der Waals surface area (Å²) in [6.45, 7) is 13.3. The second-order valence-corrected chi connectivity index (χ2v) is 8.00. The fourth-order valence-corrected chi connectivity index (χ4v) is 4.28. The van der Waals surface area contributed by atoms with E-state index < -0.39 is 0 Å². The molecule has 0 aromatic heterocycles. The Morgan fingerprint density at radius 1 is 1.30 bits per heavy atom. The van der Waals surface area contributed by atoms with Gasteiger partial charge in [-0.2, -0.15) is 0 Å². The Kier molecular flexibility index (Phi) is 7.53. The van der Waals surface area contributed by atoms with Gasteiger partial charge in [0.15, 0.2) is 5.96 Å². The summed E-state index contributed by atoms with van der Waals surface area (Å²) in [6, 6.07) is 11.8. The molecule has 0 amide bonds. The largest absolute Gasteiger partial charge is 0.379 e. The SMILES string of the molecule is CCNC(=NCC(C)N1CCOCC1C)N1CCC(Cc2ccccc2)C1. The predicted octanol–water partition coefficient (Wildman–Crippen LogP) is 2.63. The van der Waals surface area contributed by atoms with Gasteiger partial charge in [-0.15, -0.1) is 0 Å². The van der Waals surface area contributed by atoms with Gasteiger partial charge in [-0.3, -0.25) is 9.89 Å². The van der Waals surface area contributed by atoms with E-state index in [0.29, 0.717) is 18.0 Å². The average Bonchev–Trinajstić information content (AvgIpc) is 3.14. The lowest BCUT2D eigenvalue weighted by Crippen LogP contribution is -2.49. The lowest BCUT2D eigenvalue weighted by atomic mass is 9.99.